The highest BCUT2D eigenvalue weighted by Crippen LogP contribution is 2.20. The third-order valence-corrected chi connectivity index (χ3v) is 8.47. The van der Waals surface area contributed by atoms with Crippen LogP contribution in [0.1, 0.15) is 36.5 Å². The molecule has 4 rings (SSSR count). The monoisotopic (exact) mass is 726 g/mol. The van der Waals surface area contributed by atoms with Crippen molar-refractivity contribution in [3.8, 4) is 5.75 Å². The smallest absolute Gasteiger partial charge is 0.328 e. The number of fused-ring (bicyclic) bond motifs is 1. The van der Waals surface area contributed by atoms with E-state index in [0.29, 0.717) is 5.56 Å². The lowest BCUT2D eigenvalue weighted by atomic mass is 10.0. The van der Waals surface area contributed by atoms with Crippen molar-refractivity contribution in [2.45, 2.75) is 63.2 Å². The van der Waals surface area contributed by atoms with E-state index in [0.717, 1.165) is 22.0 Å². The number of H-pyrrole nitrogens is 1. The molecule has 0 radical (unpaired) electrons. The standard InChI is InChI=1S/C38H46N8O7/c1-23(47)43-31(20-25-14-16-27(48)17-15-25)35(50)45-32(19-24-9-4-3-5-10-24)36(51)44-30(13-8-18-41-38(39)40)34(49)46-33(37(52)53-2)21-26-22-42-29-12-7-6-11-28(26)29/h3-7,9-12,14-17,22,30-33,42,48H,8,13,18-21H2,1-2H3,(H,43,47)(H,44,51)(H,45,50)(H,46,49)(H4,39,40,41)/t30-,31-,32+,33-/m0/s1. The van der Waals surface area contributed by atoms with Crippen LogP contribution in [0.15, 0.2) is 90.1 Å². The number of aromatic hydroxyl groups is 1. The fraction of sp³-hybridized carbons (Fsp3) is 0.316. The van der Waals surface area contributed by atoms with Crippen LogP contribution in [0.2, 0.25) is 0 Å². The molecule has 4 aromatic rings. The molecular weight excluding hydrogens is 680 g/mol. The van der Waals surface area contributed by atoms with E-state index in [1.165, 1.54) is 26.2 Å². The molecule has 10 N–H and O–H groups in total. The zero-order valence-electron chi connectivity index (χ0n) is 29.6. The van der Waals surface area contributed by atoms with Crippen LogP contribution in [-0.2, 0) is 48.0 Å². The van der Waals surface area contributed by atoms with Crippen LogP contribution in [0.5, 0.6) is 5.75 Å². The third kappa shape index (κ3) is 12.1. The Labute approximate surface area is 306 Å². The predicted octanol–water partition coefficient (Wildman–Crippen LogP) is 1.09. The summed E-state index contributed by atoms with van der Waals surface area (Å²) in [6.07, 6.45) is 2.36. The lowest BCUT2D eigenvalue weighted by molar-refractivity contribution is -0.145. The number of aliphatic imine (C=N–C) groups is 1. The molecule has 0 aliphatic heterocycles. The number of rotatable bonds is 18. The van der Waals surface area contributed by atoms with Gasteiger partial charge in [-0.2, -0.15) is 0 Å². The van der Waals surface area contributed by atoms with E-state index in [4.69, 9.17) is 16.2 Å². The average Bonchev–Trinajstić information content (AvgIpc) is 3.55. The summed E-state index contributed by atoms with van der Waals surface area (Å²) in [5.74, 6) is -3.21. The third-order valence-electron chi connectivity index (χ3n) is 8.47. The molecule has 0 saturated heterocycles. The number of hydrogen-bond donors (Lipinski definition) is 8. The topological polar surface area (TPSA) is 243 Å². The molecule has 0 fully saturated rings. The molecule has 0 unspecified atom stereocenters. The van der Waals surface area contributed by atoms with Crippen LogP contribution in [0.3, 0.4) is 0 Å². The van der Waals surface area contributed by atoms with Gasteiger partial charge in [0.2, 0.25) is 23.6 Å². The van der Waals surface area contributed by atoms with Gasteiger partial charge >= 0.3 is 5.97 Å². The van der Waals surface area contributed by atoms with E-state index >= 15 is 0 Å². The van der Waals surface area contributed by atoms with Gasteiger partial charge in [0, 0.05) is 49.8 Å². The number of benzene rings is 3. The maximum atomic E-state index is 14.1. The lowest BCUT2D eigenvalue weighted by Crippen LogP contribution is -2.58. The van der Waals surface area contributed by atoms with Gasteiger partial charge in [0.05, 0.1) is 7.11 Å². The minimum Gasteiger partial charge on any atom is -0.508 e. The molecule has 53 heavy (non-hydrogen) atoms. The molecule has 4 atom stereocenters. The van der Waals surface area contributed by atoms with Crippen molar-refractivity contribution in [1.82, 2.24) is 26.3 Å². The summed E-state index contributed by atoms with van der Waals surface area (Å²) in [5, 5.41) is 21.5. The number of aromatic nitrogens is 1. The highest BCUT2D eigenvalue weighted by molar-refractivity contribution is 5.95. The summed E-state index contributed by atoms with van der Waals surface area (Å²) < 4.78 is 5.02. The molecule has 4 amide bonds. The van der Waals surface area contributed by atoms with E-state index < -0.39 is 53.8 Å². The molecule has 0 saturated carbocycles. The van der Waals surface area contributed by atoms with E-state index in [2.05, 4.69) is 31.2 Å². The SMILES string of the molecule is COC(=O)[C@H](Cc1c[nH]c2ccccc12)NC(=O)[C@H](CCCN=C(N)N)NC(=O)[C@@H](Cc1ccccc1)NC(=O)[C@H](Cc1ccc(O)cc1)NC(C)=O. The van der Waals surface area contributed by atoms with Gasteiger partial charge in [-0.15, -0.1) is 0 Å². The summed E-state index contributed by atoms with van der Waals surface area (Å²) >= 11 is 0. The summed E-state index contributed by atoms with van der Waals surface area (Å²) in [7, 11) is 1.22. The Morgan fingerprint density at radius 3 is 1.94 bits per heavy atom. The van der Waals surface area contributed by atoms with Crippen molar-refractivity contribution in [2.75, 3.05) is 13.7 Å². The number of para-hydroxylation sites is 1. The molecule has 3 aromatic carbocycles. The first-order valence-electron chi connectivity index (χ1n) is 17.1. The molecule has 0 aliphatic rings. The number of hydrogen-bond acceptors (Lipinski definition) is 8. The van der Waals surface area contributed by atoms with Crippen molar-refractivity contribution < 1.29 is 33.8 Å². The van der Waals surface area contributed by atoms with Crippen LogP contribution in [-0.4, -0.2) is 83.5 Å². The highest BCUT2D eigenvalue weighted by Gasteiger charge is 2.32. The molecule has 0 aliphatic carbocycles. The maximum absolute atomic E-state index is 14.1. The van der Waals surface area contributed by atoms with E-state index in [1.54, 1.807) is 42.6 Å². The molecule has 15 nitrogen and oxygen atoms in total. The van der Waals surface area contributed by atoms with Crippen LogP contribution >= 0.6 is 0 Å². The summed E-state index contributed by atoms with van der Waals surface area (Å²) in [6.45, 7) is 1.44. The van der Waals surface area contributed by atoms with Crippen molar-refractivity contribution in [1.29, 1.82) is 0 Å². The number of esters is 1. The average molecular weight is 727 g/mol. The Morgan fingerprint density at radius 1 is 0.736 bits per heavy atom. The first-order chi connectivity index (χ1) is 25.4. The maximum Gasteiger partial charge on any atom is 0.328 e. The van der Waals surface area contributed by atoms with Gasteiger partial charge in [0.25, 0.3) is 0 Å². The fourth-order valence-electron chi connectivity index (χ4n) is 5.83. The highest BCUT2D eigenvalue weighted by atomic mass is 16.5. The fourth-order valence-corrected chi connectivity index (χ4v) is 5.83. The number of phenolic OH excluding ortho intramolecular Hbond substituents is 1. The van der Waals surface area contributed by atoms with Crippen LogP contribution in [0.25, 0.3) is 10.9 Å². The normalized spacial score (nSPS) is 13.1. The molecule has 0 spiro atoms. The zero-order chi connectivity index (χ0) is 38.3. The molecule has 1 heterocycles. The van der Waals surface area contributed by atoms with E-state index in [9.17, 15) is 29.1 Å². The second-order valence-corrected chi connectivity index (χ2v) is 12.5. The Morgan fingerprint density at radius 2 is 1.30 bits per heavy atom. The number of nitrogens with one attached hydrogen (secondary N) is 5. The van der Waals surface area contributed by atoms with Crippen molar-refractivity contribution in [3.63, 3.8) is 0 Å². The van der Waals surface area contributed by atoms with Crippen molar-refractivity contribution >= 4 is 46.5 Å². The molecule has 1 aromatic heterocycles. The van der Waals surface area contributed by atoms with Gasteiger partial charge in [0.15, 0.2) is 5.96 Å². The molecule has 0 bridgehead atoms. The van der Waals surface area contributed by atoms with Gasteiger partial charge < -0.3 is 47.6 Å². The van der Waals surface area contributed by atoms with Crippen LogP contribution in [0, 0.1) is 0 Å². The van der Waals surface area contributed by atoms with Crippen LogP contribution < -0.4 is 32.7 Å². The summed E-state index contributed by atoms with van der Waals surface area (Å²) in [6, 6.07) is 18.2. The lowest BCUT2D eigenvalue weighted by Gasteiger charge is -2.26. The van der Waals surface area contributed by atoms with Gasteiger partial charge in [-0.3, -0.25) is 24.2 Å². The van der Waals surface area contributed by atoms with Crippen LogP contribution in [0.4, 0.5) is 0 Å². The number of nitrogens with two attached hydrogens (primary N) is 2. The number of phenols is 1. The zero-order valence-corrected chi connectivity index (χ0v) is 29.6. The molecule has 280 valence electrons. The number of guanidine groups is 1. The Hall–Kier alpha value is -6.38. The number of carbonyl (C=O) groups excluding carboxylic acids is 5. The Kier molecular flexibility index (Phi) is 14.3. The van der Waals surface area contributed by atoms with Crippen molar-refractivity contribution in [3.05, 3.63) is 102 Å². The first-order valence-corrected chi connectivity index (χ1v) is 17.1. The van der Waals surface area contributed by atoms with Gasteiger partial charge in [-0.05, 0) is 47.7 Å². The van der Waals surface area contributed by atoms with E-state index in [1.807, 2.05) is 30.3 Å². The molecular formula is C38H46N8O7. The summed E-state index contributed by atoms with van der Waals surface area (Å²) in [5.41, 5.74) is 14.0. The number of carbonyl (C=O) groups is 5. The molecule has 15 heteroatoms. The van der Waals surface area contributed by atoms with Gasteiger partial charge in [-0.1, -0.05) is 60.7 Å². The second-order valence-electron chi connectivity index (χ2n) is 12.5. The first kappa shape index (κ1) is 39.4. The quantitative estimate of drug-likeness (QED) is 0.0316. The predicted molar refractivity (Wildman–Crippen MR) is 199 cm³/mol. The minimum absolute atomic E-state index is 0.0432. The van der Waals surface area contributed by atoms with Gasteiger partial charge in [-0.25, -0.2) is 4.79 Å². The number of amides is 4. The second kappa shape index (κ2) is 19.3. The minimum atomic E-state index is -1.18. The Balaban J connectivity index is 1.58. The Bertz CT molecular complexity index is 1890. The summed E-state index contributed by atoms with van der Waals surface area (Å²) in [4.78, 5) is 73.9. The largest absolute Gasteiger partial charge is 0.508 e. The number of aromatic amines is 1. The number of ether oxygens (including phenoxy) is 1. The van der Waals surface area contributed by atoms with E-state index in [-0.39, 0.29) is 50.4 Å². The van der Waals surface area contributed by atoms with Gasteiger partial charge in [0.1, 0.15) is 29.9 Å². The number of methoxy groups -OCH3 is 1. The van der Waals surface area contributed by atoms with Crippen molar-refractivity contribution in [2.24, 2.45) is 16.5 Å². The number of nitrogens with zero attached hydrogens (tertiary/aromatic N) is 1.